The number of nitrogens with zero attached hydrogens (tertiary/aromatic N) is 2. The van der Waals surface area contributed by atoms with E-state index in [1.54, 1.807) is 5.06 Å². The Morgan fingerprint density at radius 1 is 1.64 bits per heavy atom. The molecule has 2 heterocycles. The normalized spacial score (nSPS) is 21.6. The van der Waals surface area contributed by atoms with E-state index in [0.717, 1.165) is 16.0 Å². The lowest BCUT2D eigenvalue weighted by Gasteiger charge is -2.15. The fourth-order valence-corrected chi connectivity index (χ4v) is 1.52. The third-order valence-electron chi connectivity index (χ3n) is 2.06. The average molecular weight is 259 g/mol. The summed E-state index contributed by atoms with van der Waals surface area (Å²) in [5.74, 6) is 0.738. The van der Waals surface area contributed by atoms with E-state index >= 15 is 0 Å². The number of aliphatic hydroxyl groups is 1. The van der Waals surface area contributed by atoms with Gasteiger partial charge in [0, 0.05) is 4.47 Å². The van der Waals surface area contributed by atoms with E-state index in [2.05, 4.69) is 20.9 Å². The number of aliphatic hydroxyl groups excluding tert-OH is 1. The van der Waals surface area contributed by atoms with Crippen molar-refractivity contribution in [2.24, 2.45) is 0 Å². The van der Waals surface area contributed by atoms with Gasteiger partial charge in [0.15, 0.2) is 5.82 Å². The van der Waals surface area contributed by atoms with Gasteiger partial charge in [-0.1, -0.05) is 0 Å². The summed E-state index contributed by atoms with van der Waals surface area (Å²) in [6, 6.07) is 3.78. The minimum Gasteiger partial charge on any atom is -0.389 e. The summed E-state index contributed by atoms with van der Waals surface area (Å²) >= 11 is 3.38. The zero-order valence-corrected chi connectivity index (χ0v) is 9.36. The van der Waals surface area contributed by atoms with Gasteiger partial charge in [-0.05, 0) is 35.0 Å². The van der Waals surface area contributed by atoms with Crippen LogP contribution >= 0.6 is 15.9 Å². The molecule has 0 spiro atoms. The van der Waals surface area contributed by atoms with Gasteiger partial charge in [-0.25, -0.2) is 10.0 Å². The highest BCUT2D eigenvalue weighted by molar-refractivity contribution is 9.10. The van der Waals surface area contributed by atoms with Crippen LogP contribution in [0.15, 0.2) is 16.6 Å². The molecule has 1 N–H and O–H groups in total. The number of aromatic nitrogens is 1. The van der Waals surface area contributed by atoms with E-state index < -0.39 is 6.10 Å². The second-order valence-corrected chi connectivity index (χ2v) is 4.10. The summed E-state index contributed by atoms with van der Waals surface area (Å²) in [6.45, 7) is 2.74. The molecule has 1 aromatic rings. The molecule has 4 nitrogen and oxygen atoms in total. The molecule has 1 aromatic heterocycles. The van der Waals surface area contributed by atoms with Crippen molar-refractivity contribution >= 4 is 21.7 Å². The first-order valence-electron chi connectivity index (χ1n) is 4.38. The minimum absolute atomic E-state index is 0.344. The second-order valence-electron chi connectivity index (χ2n) is 3.25. The molecule has 1 unspecified atom stereocenters. The first-order chi connectivity index (χ1) is 6.66. The van der Waals surface area contributed by atoms with Crippen LogP contribution in [-0.4, -0.2) is 29.3 Å². The predicted octanol–water partition coefficient (Wildman–Crippen LogP) is 1.27. The molecular weight excluding hydrogens is 248 g/mol. The van der Waals surface area contributed by atoms with Crippen LogP contribution in [0, 0.1) is 6.92 Å². The van der Waals surface area contributed by atoms with Gasteiger partial charge >= 0.3 is 0 Å². The molecule has 5 heteroatoms. The maximum Gasteiger partial charge on any atom is 0.152 e. The minimum atomic E-state index is -0.416. The van der Waals surface area contributed by atoms with Gasteiger partial charge in [0.25, 0.3) is 0 Å². The van der Waals surface area contributed by atoms with Crippen molar-refractivity contribution in [1.82, 2.24) is 4.98 Å². The van der Waals surface area contributed by atoms with Gasteiger partial charge in [-0.15, -0.1) is 0 Å². The van der Waals surface area contributed by atoms with Crippen LogP contribution in [0.1, 0.15) is 5.69 Å². The van der Waals surface area contributed by atoms with Crippen LogP contribution < -0.4 is 5.06 Å². The maximum absolute atomic E-state index is 9.28. The van der Waals surface area contributed by atoms with Crippen LogP contribution in [0.25, 0.3) is 0 Å². The van der Waals surface area contributed by atoms with Gasteiger partial charge in [0.05, 0.1) is 18.3 Å². The smallest absolute Gasteiger partial charge is 0.152 e. The Morgan fingerprint density at radius 2 is 2.43 bits per heavy atom. The predicted molar refractivity (Wildman–Crippen MR) is 56.0 cm³/mol. The highest BCUT2D eigenvalue weighted by Gasteiger charge is 2.22. The Kier molecular flexibility index (Phi) is 2.71. The molecule has 0 aromatic carbocycles. The summed E-state index contributed by atoms with van der Waals surface area (Å²) in [5, 5.41) is 10.9. The monoisotopic (exact) mass is 258 g/mol. The standard InChI is InChI=1S/C9H11BrN2O2/c1-6-8(10)2-3-9(11-6)12-4-7(13)5-14-12/h2-3,7,13H,4-5H2,1H3. The molecular formula is C9H11BrN2O2. The van der Waals surface area contributed by atoms with Crippen molar-refractivity contribution in [3.63, 3.8) is 0 Å². The maximum atomic E-state index is 9.28. The van der Waals surface area contributed by atoms with Crippen molar-refractivity contribution in [2.75, 3.05) is 18.2 Å². The second kappa shape index (κ2) is 3.84. The van der Waals surface area contributed by atoms with Gasteiger partial charge in [0.2, 0.25) is 0 Å². The Balaban J connectivity index is 2.20. The van der Waals surface area contributed by atoms with Crippen molar-refractivity contribution in [1.29, 1.82) is 0 Å². The molecule has 0 saturated carbocycles. The fraction of sp³-hybridized carbons (Fsp3) is 0.444. The first-order valence-corrected chi connectivity index (χ1v) is 5.18. The fourth-order valence-electron chi connectivity index (χ4n) is 1.30. The molecule has 14 heavy (non-hydrogen) atoms. The highest BCUT2D eigenvalue weighted by Crippen LogP contribution is 2.21. The Morgan fingerprint density at radius 3 is 3.00 bits per heavy atom. The van der Waals surface area contributed by atoms with Crippen molar-refractivity contribution in [3.05, 3.63) is 22.3 Å². The summed E-state index contributed by atoms with van der Waals surface area (Å²) < 4.78 is 0.973. The number of aryl methyl sites for hydroxylation is 1. The molecule has 0 aliphatic carbocycles. The van der Waals surface area contributed by atoms with Crippen molar-refractivity contribution in [3.8, 4) is 0 Å². The molecule has 1 fully saturated rings. The van der Waals surface area contributed by atoms with E-state index in [1.807, 2.05) is 19.1 Å². The number of β-amino-alcohol motifs (C(OH)–C–C–N with tert-alkyl or cyclic N) is 1. The molecule has 0 amide bonds. The summed E-state index contributed by atoms with van der Waals surface area (Å²) in [6.07, 6.45) is -0.416. The van der Waals surface area contributed by atoms with Gasteiger partial charge in [0.1, 0.15) is 6.61 Å². The molecule has 1 saturated heterocycles. The number of hydroxylamine groups is 1. The molecule has 0 radical (unpaired) electrons. The Hall–Kier alpha value is -0.650. The van der Waals surface area contributed by atoms with Crippen LogP contribution in [0.5, 0.6) is 0 Å². The molecule has 1 atom stereocenters. The Labute approximate surface area is 90.6 Å². The lowest BCUT2D eigenvalue weighted by molar-refractivity contribution is 0.115. The van der Waals surface area contributed by atoms with E-state index in [1.165, 1.54) is 0 Å². The van der Waals surface area contributed by atoms with Gasteiger partial charge < -0.3 is 5.11 Å². The summed E-state index contributed by atoms with van der Waals surface area (Å²) in [7, 11) is 0. The van der Waals surface area contributed by atoms with Crippen molar-refractivity contribution in [2.45, 2.75) is 13.0 Å². The zero-order valence-electron chi connectivity index (χ0n) is 7.77. The third kappa shape index (κ3) is 1.89. The van der Waals surface area contributed by atoms with Crippen LogP contribution in [0.2, 0.25) is 0 Å². The van der Waals surface area contributed by atoms with Gasteiger partial charge in [-0.3, -0.25) is 4.84 Å². The molecule has 2 rings (SSSR count). The van der Waals surface area contributed by atoms with E-state index in [0.29, 0.717) is 13.2 Å². The van der Waals surface area contributed by atoms with E-state index in [9.17, 15) is 5.11 Å². The Bertz CT molecular complexity index is 346. The molecule has 1 aliphatic rings. The largest absolute Gasteiger partial charge is 0.389 e. The van der Waals surface area contributed by atoms with E-state index in [-0.39, 0.29) is 0 Å². The number of rotatable bonds is 1. The van der Waals surface area contributed by atoms with E-state index in [4.69, 9.17) is 4.84 Å². The average Bonchev–Trinajstić information content (AvgIpc) is 2.57. The lowest BCUT2D eigenvalue weighted by atomic mass is 10.3. The number of anilines is 1. The highest BCUT2D eigenvalue weighted by atomic mass is 79.9. The SMILES string of the molecule is Cc1nc(N2CC(O)CO2)ccc1Br. The van der Waals surface area contributed by atoms with Crippen molar-refractivity contribution < 1.29 is 9.94 Å². The summed E-state index contributed by atoms with van der Waals surface area (Å²) in [4.78, 5) is 9.58. The molecule has 1 aliphatic heterocycles. The first kappa shape index (κ1) is 9.89. The quantitative estimate of drug-likeness (QED) is 0.824. The summed E-state index contributed by atoms with van der Waals surface area (Å²) in [5.41, 5.74) is 0.910. The third-order valence-corrected chi connectivity index (χ3v) is 2.90. The number of hydrogen-bond donors (Lipinski definition) is 1. The van der Waals surface area contributed by atoms with Crippen LogP contribution in [0.3, 0.4) is 0 Å². The lowest BCUT2D eigenvalue weighted by Crippen LogP contribution is -2.21. The topological polar surface area (TPSA) is 45.6 Å². The zero-order chi connectivity index (χ0) is 10.1. The number of halogens is 1. The molecule has 0 bridgehead atoms. The molecule has 76 valence electrons. The van der Waals surface area contributed by atoms with Crippen LogP contribution in [-0.2, 0) is 4.84 Å². The number of pyridine rings is 1. The van der Waals surface area contributed by atoms with Crippen LogP contribution in [0.4, 0.5) is 5.82 Å². The van der Waals surface area contributed by atoms with Gasteiger partial charge in [-0.2, -0.15) is 0 Å². The number of hydrogen-bond acceptors (Lipinski definition) is 4.